The molecule has 8 heteroatoms. The topological polar surface area (TPSA) is 55.1 Å². The van der Waals surface area contributed by atoms with E-state index >= 15 is 0 Å². The zero-order valence-corrected chi connectivity index (χ0v) is 10.8. The van der Waals surface area contributed by atoms with Crippen molar-refractivity contribution in [3.8, 4) is 0 Å². The minimum atomic E-state index is -4.75. The van der Waals surface area contributed by atoms with Crippen LogP contribution < -0.4 is 5.56 Å². The van der Waals surface area contributed by atoms with E-state index < -0.39 is 24.4 Å². The fourth-order valence-corrected chi connectivity index (χ4v) is 2.53. The maximum absolute atomic E-state index is 12.3. The molecular formula is C11H11F3N2O2S. The molecule has 4 nitrogen and oxygen atoms in total. The Bertz CT molecular complexity index is 647. The van der Waals surface area contributed by atoms with Crippen molar-refractivity contribution >= 4 is 21.6 Å². The van der Waals surface area contributed by atoms with E-state index in [-0.39, 0.29) is 0 Å². The molecule has 0 aliphatic heterocycles. The van der Waals surface area contributed by atoms with E-state index in [1.807, 2.05) is 6.92 Å². The van der Waals surface area contributed by atoms with Gasteiger partial charge < -0.3 is 5.11 Å². The van der Waals surface area contributed by atoms with Crippen molar-refractivity contribution in [2.45, 2.75) is 32.2 Å². The Balaban J connectivity index is 2.40. The second kappa shape index (κ2) is 4.93. The zero-order valence-electron chi connectivity index (χ0n) is 9.94. The Hall–Kier alpha value is -1.41. The molecule has 1 unspecified atom stereocenters. The second-order valence-electron chi connectivity index (χ2n) is 4.04. The number of hydrogen-bond acceptors (Lipinski definition) is 4. The van der Waals surface area contributed by atoms with Crippen LogP contribution in [0.25, 0.3) is 10.2 Å². The highest BCUT2D eigenvalue weighted by Crippen LogP contribution is 2.23. The Morgan fingerprint density at radius 2 is 2.21 bits per heavy atom. The quantitative estimate of drug-likeness (QED) is 0.940. The first-order chi connectivity index (χ1) is 8.82. The second-order valence-corrected chi connectivity index (χ2v) is 5.16. The summed E-state index contributed by atoms with van der Waals surface area (Å²) in [5, 5.41) is 9.27. The van der Waals surface area contributed by atoms with Crippen LogP contribution in [0.5, 0.6) is 0 Å². The van der Waals surface area contributed by atoms with Crippen molar-refractivity contribution in [3.05, 3.63) is 27.6 Å². The van der Waals surface area contributed by atoms with E-state index in [1.165, 1.54) is 11.3 Å². The van der Waals surface area contributed by atoms with E-state index in [0.29, 0.717) is 10.2 Å². The summed E-state index contributed by atoms with van der Waals surface area (Å²) in [5.74, 6) is 0. The molecule has 1 N–H and O–H groups in total. The van der Waals surface area contributed by atoms with Crippen LogP contribution >= 0.6 is 11.3 Å². The molecule has 19 heavy (non-hydrogen) atoms. The third-order valence-electron chi connectivity index (χ3n) is 2.67. The predicted molar refractivity (Wildman–Crippen MR) is 65.3 cm³/mol. The molecule has 0 radical (unpaired) electrons. The molecule has 0 aliphatic rings. The molecular weight excluding hydrogens is 281 g/mol. The first-order valence-corrected chi connectivity index (χ1v) is 6.37. The highest BCUT2D eigenvalue weighted by molar-refractivity contribution is 7.18. The molecule has 0 spiro atoms. The molecule has 0 aliphatic carbocycles. The summed E-state index contributed by atoms with van der Waals surface area (Å²) in [6.07, 6.45) is -5.56. The SMILES string of the molecule is CCc1cc2c(=O)n(CC(O)C(F)(F)F)cnc2s1. The summed E-state index contributed by atoms with van der Waals surface area (Å²) >= 11 is 1.34. The van der Waals surface area contributed by atoms with Crippen LogP contribution in [0.3, 0.4) is 0 Å². The van der Waals surface area contributed by atoms with Gasteiger partial charge in [0.05, 0.1) is 18.3 Å². The Morgan fingerprint density at radius 3 is 2.79 bits per heavy atom. The molecule has 2 aromatic rings. The smallest absolute Gasteiger partial charge is 0.382 e. The number of aliphatic hydroxyl groups is 1. The number of fused-ring (bicyclic) bond motifs is 1. The van der Waals surface area contributed by atoms with Crippen molar-refractivity contribution in [3.63, 3.8) is 0 Å². The average Bonchev–Trinajstić information content (AvgIpc) is 2.75. The third-order valence-corrected chi connectivity index (χ3v) is 3.85. The van der Waals surface area contributed by atoms with Gasteiger partial charge in [-0.3, -0.25) is 9.36 Å². The van der Waals surface area contributed by atoms with Crippen molar-refractivity contribution in [1.82, 2.24) is 9.55 Å². The summed E-state index contributed by atoms with van der Waals surface area (Å²) < 4.78 is 37.6. The number of nitrogens with zero attached hydrogens (tertiary/aromatic N) is 2. The van der Waals surface area contributed by atoms with Crippen molar-refractivity contribution < 1.29 is 18.3 Å². The van der Waals surface area contributed by atoms with Gasteiger partial charge in [0.15, 0.2) is 6.10 Å². The minimum absolute atomic E-state index is 0.290. The van der Waals surface area contributed by atoms with Gasteiger partial charge in [0, 0.05) is 4.88 Å². The fourth-order valence-electron chi connectivity index (χ4n) is 1.60. The van der Waals surface area contributed by atoms with Gasteiger partial charge in [-0.1, -0.05) is 6.92 Å². The molecule has 0 amide bonds. The third kappa shape index (κ3) is 2.79. The number of aryl methyl sites for hydroxylation is 1. The first-order valence-electron chi connectivity index (χ1n) is 5.55. The van der Waals surface area contributed by atoms with Gasteiger partial charge in [-0.25, -0.2) is 4.98 Å². The van der Waals surface area contributed by atoms with Gasteiger partial charge in [0.2, 0.25) is 0 Å². The van der Waals surface area contributed by atoms with E-state index in [2.05, 4.69) is 4.98 Å². The number of hydrogen-bond donors (Lipinski definition) is 1. The molecule has 2 heterocycles. The highest BCUT2D eigenvalue weighted by Gasteiger charge is 2.38. The van der Waals surface area contributed by atoms with E-state index in [1.54, 1.807) is 6.07 Å². The highest BCUT2D eigenvalue weighted by atomic mass is 32.1. The summed E-state index contributed by atoms with van der Waals surface area (Å²) in [4.78, 5) is 17.4. The molecule has 0 aromatic carbocycles. The Labute approximate surface area is 110 Å². The van der Waals surface area contributed by atoms with Gasteiger partial charge >= 0.3 is 6.18 Å². The van der Waals surface area contributed by atoms with Crippen LogP contribution in [0.15, 0.2) is 17.2 Å². The predicted octanol–water partition coefficient (Wildman–Crippen LogP) is 1.94. The molecule has 0 saturated heterocycles. The van der Waals surface area contributed by atoms with E-state index in [9.17, 15) is 18.0 Å². The molecule has 2 rings (SSSR count). The van der Waals surface area contributed by atoms with Crippen LogP contribution in [0, 0.1) is 0 Å². The number of thiophene rings is 1. The first kappa shape index (κ1) is 14.0. The van der Waals surface area contributed by atoms with Crippen LogP contribution in [0.4, 0.5) is 13.2 Å². The molecule has 2 aromatic heterocycles. The fraction of sp³-hybridized carbons (Fsp3) is 0.455. The number of halogens is 3. The van der Waals surface area contributed by atoms with Crippen molar-refractivity contribution in [2.24, 2.45) is 0 Å². The van der Waals surface area contributed by atoms with Gasteiger partial charge in [-0.2, -0.15) is 13.2 Å². The summed E-state index contributed by atoms with van der Waals surface area (Å²) in [6.45, 7) is 1.07. The average molecular weight is 292 g/mol. The van der Waals surface area contributed by atoms with Crippen LogP contribution in [0.2, 0.25) is 0 Å². The zero-order chi connectivity index (χ0) is 14.2. The van der Waals surface area contributed by atoms with E-state index in [4.69, 9.17) is 5.11 Å². The number of aromatic nitrogens is 2. The van der Waals surface area contributed by atoms with Crippen LogP contribution in [0.1, 0.15) is 11.8 Å². The lowest BCUT2D eigenvalue weighted by molar-refractivity contribution is -0.207. The lowest BCUT2D eigenvalue weighted by Crippen LogP contribution is -2.36. The van der Waals surface area contributed by atoms with Gasteiger partial charge in [-0.05, 0) is 12.5 Å². The molecule has 1 atom stereocenters. The normalized spacial score (nSPS) is 13.9. The van der Waals surface area contributed by atoms with E-state index in [0.717, 1.165) is 22.2 Å². The number of aliphatic hydroxyl groups excluding tert-OH is 1. The maximum Gasteiger partial charge on any atom is 0.416 e. The van der Waals surface area contributed by atoms with Crippen LogP contribution in [-0.4, -0.2) is 26.9 Å². The maximum atomic E-state index is 12.3. The number of alkyl halides is 3. The molecule has 104 valence electrons. The lowest BCUT2D eigenvalue weighted by Gasteiger charge is -2.15. The van der Waals surface area contributed by atoms with Crippen molar-refractivity contribution in [2.75, 3.05) is 0 Å². The van der Waals surface area contributed by atoms with Gasteiger partial charge in [-0.15, -0.1) is 11.3 Å². The molecule has 0 saturated carbocycles. The molecule has 0 fully saturated rings. The van der Waals surface area contributed by atoms with Gasteiger partial charge in [0.1, 0.15) is 4.83 Å². The lowest BCUT2D eigenvalue weighted by atomic mass is 10.3. The molecule has 0 bridgehead atoms. The monoisotopic (exact) mass is 292 g/mol. The number of rotatable bonds is 3. The Kier molecular flexibility index (Phi) is 3.64. The summed E-state index contributed by atoms with van der Waals surface area (Å²) in [7, 11) is 0. The van der Waals surface area contributed by atoms with Crippen molar-refractivity contribution in [1.29, 1.82) is 0 Å². The van der Waals surface area contributed by atoms with Gasteiger partial charge in [0.25, 0.3) is 5.56 Å². The van der Waals surface area contributed by atoms with Crippen LogP contribution in [-0.2, 0) is 13.0 Å². The summed E-state index contributed by atoms with van der Waals surface area (Å²) in [5.41, 5.74) is -0.566. The summed E-state index contributed by atoms with van der Waals surface area (Å²) in [6, 6.07) is 1.63. The Morgan fingerprint density at radius 1 is 1.53 bits per heavy atom. The largest absolute Gasteiger partial charge is 0.416 e. The standard InChI is InChI=1S/C11H11F3N2O2S/c1-2-6-3-7-9(19-6)15-5-16(10(7)18)4-8(17)11(12,13)14/h3,5,8,17H,2,4H2,1H3. The minimum Gasteiger partial charge on any atom is -0.382 e.